The van der Waals surface area contributed by atoms with Crippen LogP contribution in [-0.4, -0.2) is 30.3 Å². The predicted molar refractivity (Wildman–Crippen MR) is 59.1 cm³/mol. The minimum absolute atomic E-state index is 0.0323. The van der Waals surface area contributed by atoms with Crippen LogP contribution < -0.4 is 0 Å². The van der Waals surface area contributed by atoms with Gasteiger partial charge in [-0.15, -0.1) is 11.6 Å². The Kier molecular flexibility index (Phi) is 4.36. The van der Waals surface area contributed by atoms with Crippen LogP contribution in [-0.2, 0) is 0 Å². The van der Waals surface area contributed by atoms with Crippen LogP contribution in [0.5, 0.6) is 0 Å². The molecule has 0 unspecified atom stereocenters. The van der Waals surface area contributed by atoms with E-state index in [9.17, 15) is 9.18 Å². The van der Waals surface area contributed by atoms with E-state index in [0.29, 0.717) is 17.4 Å². The number of halogens is 3. The van der Waals surface area contributed by atoms with Crippen molar-refractivity contribution < 1.29 is 9.18 Å². The number of nitrogens with zero attached hydrogens (tertiary/aromatic N) is 1. The molecule has 0 fully saturated rings. The second-order valence-corrected chi connectivity index (χ2v) is 3.85. The molecule has 0 spiro atoms. The van der Waals surface area contributed by atoms with E-state index < -0.39 is 11.7 Å². The summed E-state index contributed by atoms with van der Waals surface area (Å²) in [7, 11) is 1.56. The van der Waals surface area contributed by atoms with E-state index in [1.54, 1.807) is 7.05 Å². The van der Waals surface area contributed by atoms with Crippen molar-refractivity contribution in [2.24, 2.45) is 0 Å². The summed E-state index contributed by atoms with van der Waals surface area (Å²) < 4.78 is 13.3. The highest BCUT2D eigenvalue weighted by Gasteiger charge is 2.15. The summed E-state index contributed by atoms with van der Waals surface area (Å²) in [5.74, 6) is -0.689. The molecule has 0 radical (unpaired) electrons. The summed E-state index contributed by atoms with van der Waals surface area (Å²) in [6.45, 7) is 0.367. The summed E-state index contributed by atoms with van der Waals surface area (Å²) >= 11 is 11.2. The Bertz CT molecular complexity index is 370. The molecule has 1 amide bonds. The second-order valence-electron chi connectivity index (χ2n) is 3.04. The third kappa shape index (κ3) is 3.08. The Morgan fingerprint density at radius 1 is 1.53 bits per heavy atom. The van der Waals surface area contributed by atoms with Crippen molar-refractivity contribution in [1.82, 2.24) is 4.90 Å². The van der Waals surface area contributed by atoms with E-state index in [4.69, 9.17) is 23.2 Å². The highest BCUT2D eigenvalue weighted by atomic mass is 35.5. The van der Waals surface area contributed by atoms with Gasteiger partial charge in [-0.2, -0.15) is 0 Å². The highest BCUT2D eigenvalue weighted by Crippen LogP contribution is 2.16. The van der Waals surface area contributed by atoms with Crippen molar-refractivity contribution in [2.75, 3.05) is 19.5 Å². The van der Waals surface area contributed by atoms with E-state index in [0.717, 1.165) is 0 Å². The van der Waals surface area contributed by atoms with Gasteiger partial charge in [-0.3, -0.25) is 4.79 Å². The Morgan fingerprint density at radius 2 is 2.20 bits per heavy atom. The molecule has 0 aromatic heterocycles. The summed E-state index contributed by atoms with van der Waals surface area (Å²) in [5.41, 5.74) is -0.0323. The molecule has 0 heterocycles. The van der Waals surface area contributed by atoms with Crippen LogP contribution in [0.4, 0.5) is 4.39 Å². The molecule has 1 aromatic rings. The first kappa shape index (κ1) is 12.3. The molecule has 1 rings (SSSR count). The first-order valence-corrected chi connectivity index (χ1v) is 5.24. The van der Waals surface area contributed by atoms with Crippen LogP contribution in [0.3, 0.4) is 0 Å². The minimum Gasteiger partial charge on any atom is -0.340 e. The molecular weight excluding hydrogens is 240 g/mol. The maximum Gasteiger partial charge on any atom is 0.256 e. The third-order valence-electron chi connectivity index (χ3n) is 1.93. The Hall–Kier alpha value is -0.800. The van der Waals surface area contributed by atoms with E-state index >= 15 is 0 Å². The van der Waals surface area contributed by atoms with Gasteiger partial charge in [-0.1, -0.05) is 11.6 Å². The summed E-state index contributed by atoms with van der Waals surface area (Å²) in [5, 5.41) is 0.332. The lowest BCUT2D eigenvalue weighted by atomic mass is 10.2. The van der Waals surface area contributed by atoms with Crippen LogP contribution in [0.25, 0.3) is 0 Å². The van der Waals surface area contributed by atoms with Crippen molar-refractivity contribution in [1.29, 1.82) is 0 Å². The van der Waals surface area contributed by atoms with Gasteiger partial charge in [0.05, 0.1) is 5.56 Å². The monoisotopic (exact) mass is 249 g/mol. The molecular formula is C10H10Cl2FNO. The number of rotatable bonds is 3. The van der Waals surface area contributed by atoms with Crippen LogP contribution in [0.2, 0.25) is 5.02 Å². The zero-order valence-corrected chi connectivity index (χ0v) is 9.65. The normalized spacial score (nSPS) is 10.1. The zero-order valence-electron chi connectivity index (χ0n) is 8.14. The van der Waals surface area contributed by atoms with Crippen molar-refractivity contribution >= 4 is 29.1 Å². The molecule has 5 heteroatoms. The average Bonchev–Trinajstić information content (AvgIpc) is 2.21. The smallest absolute Gasteiger partial charge is 0.256 e. The Labute approximate surface area is 97.6 Å². The number of alkyl halides is 1. The standard InChI is InChI=1S/C10H10Cl2FNO/c1-14(5-4-11)10(15)8-6-7(12)2-3-9(8)13/h2-3,6H,4-5H2,1H3. The van der Waals surface area contributed by atoms with Crippen LogP contribution in [0, 0.1) is 5.82 Å². The number of carbonyl (C=O) groups is 1. The van der Waals surface area contributed by atoms with Gasteiger partial charge in [0.1, 0.15) is 5.82 Å². The molecule has 0 saturated heterocycles. The average molecular weight is 250 g/mol. The van der Waals surface area contributed by atoms with Gasteiger partial charge in [0.2, 0.25) is 0 Å². The quantitative estimate of drug-likeness (QED) is 0.755. The Balaban J connectivity index is 2.95. The van der Waals surface area contributed by atoms with Crippen molar-refractivity contribution in [3.8, 4) is 0 Å². The molecule has 2 nitrogen and oxygen atoms in total. The molecule has 82 valence electrons. The number of amides is 1. The lowest BCUT2D eigenvalue weighted by molar-refractivity contribution is 0.0798. The molecule has 0 aliphatic carbocycles. The number of benzene rings is 1. The topological polar surface area (TPSA) is 20.3 Å². The van der Waals surface area contributed by atoms with Gasteiger partial charge in [-0.25, -0.2) is 4.39 Å². The predicted octanol–water partition coefficient (Wildman–Crippen LogP) is 2.79. The fraction of sp³-hybridized carbons (Fsp3) is 0.300. The largest absolute Gasteiger partial charge is 0.340 e. The van der Waals surface area contributed by atoms with Crippen LogP contribution in [0.1, 0.15) is 10.4 Å². The second kappa shape index (κ2) is 5.33. The van der Waals surface area contributed by atoms with Crippen LogP contribution >= 0.6 is 23.2 Å². The number of hydrogen-bond acceptors (Lipinski definition) is 1. The molecule has 0 aliphatic rings. The van der Waals surface area contributed by atoms with Crippen molar-refractivity contribution in [3.05, 3.63) is 34.6 Å². The molecule has 1 aromatic carbocycles. The highest BCUT2D eigenvalue weighted by molar-refractivity contribution is 6.31. The van der Waals surface area contributed by atoms with Gasteiger partial charge in [0.25, 0.3) is 5.91 Å². The lowest BCUT2D eigenvalue weighted by Crippen LogP contribution is -2.29. The molecule has 0 bridgehead atoms. The molecule has 0 atom stereocenters. The van der Waals surface area contributed by atoms with Gasteiger partial charge < -0.3 is 4.90 Å². The van der Waals surface area contributed by atoms with E-state index in [-0.39, 0.29) is 5.56 Å². The Morgan fingerprint density at radius 3 is 2.80 bits per heavy atom. The molecule has 0 N–H and O–H groups in total. The van der Waals surface area contributed by atoms with Gasteiger partial charge >= 0.3 is 0 Å². The van der Waals surface area contributed by atoms with Gasteiger partial charge in [-0.05, 0) is 18.2 Å². The fourth-order valence-electron chi connectivity index (χ4n) is 1.10. The number of carbonyl (C=O) groups excluding carboxylic acids is 1. The lowest BCUT2D eigenvalue weighted by Gasteiger charge is -2.15. The number of hydrogen-bond donors (Lipinski definition) is 0. The first-order valence-electron chi connectivity index (χ1n) is 4.32. The van der Waals surface area contributed by atoms with E-state index in [1.807, 2.05) is 0 Å². The first-order chi connectivity index (χ1) is 7.06. The SMILES string of the molecule is CN(CCCl)C(=O)c1cc(Cl)ccc1F. The minimum atomic E-state index is -0.578. The zero-order chi connectivity index (χ0) is 11.4. The van der Waals surface area contributed by atoms with Gasteiger partial charge in [0, 0.05) is 24.5 Å². The van der Waals surface area contributed by atoms with Gasteiger partial charge in [0.15, 0.2) is 0 Å². The molecule has 15 heavy (non-hydrogen) atoms. The maximum absolute atomic E-state index is 13.3. The van der Waals surface area contributed by atoms with E-state index in [1.165, 1.54) is 23.1 Å². The fourth-order valence-corrected chi connectivity index (χ4v) is 1.52. The summed E-state index contributed by atoms with van der Waals surface area (Å²) in [4.78, 5) is 13.0. The van der Waals surface area contributed by atoms with Crippen molar-refractivity contribution in [2.45, 2.75) is 0 Å². The van der Waals surface area contributed by atoms with Crippen LogP contribution in [0.15, 0.2) is 18.2 Å². The maximum atomic E-state index is 13.3. The molecule has 0 saturated carbocycles. The molecule has 0 aliphatic heterocycles. The van der Waals surface area contributed by atoms with E-state index in [2.05, 4.69) is 0 Å². The summed E-state index contributed by atoms with van der Waals surface area (Å²) in [6, 6.07) is 3.88. The third-order valence-corrected chi connectivity index (χ3v) is 2.33. The van der Waals surface area contributed by atoms with Crippen molar-refractivity contribution in [3.63, 3.8) is 0 Å². The summed E-state index contributed by atoms with van der Waals surface area (Å²) in [6.07, 6.45) is 0.